The summed E-state index contributed by atoms with van der Waals surface area (Å²) in [6, 6.07) is 7.87. The van der Waals surface area contributed by atoms with Gasteiger partial charge in [0.15, 0.2) is 0 Å². The van der Waals surface area contributed by atoms with Crippen LogP contribution < -0.4 is 0 Å². The summed E-state index contributed by atoms with van der Waals surface area (Å²) in [5.74, 6) is 0.466. The Morgan fingerprint density at radius 2 is 2.18 bits per heavy atom. The van der Waals surface area contributed by atoms with Gasteiger partial charge in [0, 0.05) is 40.6 Å². The average molecular weight is 341 g/mol. The lowest BCUT2D eigenvalue weighted by Gasteiger charge is -2.31. The summed E-state index contributed by atoms with van der Waals surface area (Å²) in [6.07, 6.45) is 2.58. The summed E-state index contributed by atoms with van der Waals surface area (Å²) in [5.41, 5.74) is 2.15. The predicted molar refractivity (Wildman–Crippen MR) is 90.9 cm³/mol. The first-order valence-corrected chi connectivity index (χ1v) is 9.74. The number of fused-ring (bicyclic) bond motifs is 1. The highest BCUT2D eigenvalue weighted by Gasteiger charge is 2.29. The summed E-state index contributed by atoms with van der Waals surface area (Å²) in [5, 5.41) is 1.80. The SMILES string of the molecule is CCCS(=O)(=O)N1CCCC(c2cc3cc(Cl)ccc3[nH]2)C1. The van der Waals surface area contributed by atoms with Gasteiger partial charge in [0.2, 0.25) is 10.0 Å². The van der Waals surface area contributed by atoms with E-state index in [1.807, 2.05) is 25.1 Å². The van der Waals surface area contributed by atoms with Gasteiger partial charge in [-0.05, 0) is 43.5 Å². The standard InChI is InChI=1S/C16H21ClN2O2S/c1-2-8-22(20,21)19-7-3-4-12(11-19)16-10-13-9-14(17)5-6-15(13)18-16/h5-6,9-10,12,18H,2-4,7-8,11H2,1H3. The number of sulfonamides is 1. The number of nitrogens with zero attached hydrogens (tertiary/aromatic N) is 1. The van der Waals surface area contributed by atoms with E-state index in [1.54, 1.807) is 4.31 Å². The Hall–Kier alpha value is -1.04. The number of halogens is 1. The molecule has 1 aromatic carbocycles. The molecule has 0 bridgehead atoms. The van der Waals surface area contributed by atoms with Gasteiger partial charge in [-0.15, -0.1) is 0 Å². The van der Waals surface area contributed by atoms with Crippen molar-refractivity contribution in [1.29, 1.82) is 0 Å². The van der Waals surface area contributed by atoms with Crippen molar-refractivity contribution in [3.8, 4) is 0 Å². The fourth-order valence-electron chi connectivity index (χ4n) is 3.18. The third kappa shape index (κ3) is 3.16. The third-order valence-corrected chi connectivity index (χ3v) is 6.56. The number of benzene rings is 1. The molecule has 1 unspecified atom stereocenters. The average Bonchev–Trinajstić information content (AvgIpc) is 2.90. The highest BCUT2D eigenvalue weighted by Crippen LogP contribution is 2.31. The summed E-state index contributed by atoms with van der Waals surface area (Å²) < 4.78 is 26.2. The van der Waals surface area contributed by atoms with Crippen LogP contribution in [0.2, 0.25) is 5.02 Å². The topological polar surface area (TPSA) is 53.2 Å². The van der Waals surface area contributed by atoms with Gasteiger partial charge < -0.3 is 4.98 Å². The van der Waals surface area contributed by atoms with Gasteiger partial charge in [0.25, 0.3) is 0 Å². The molecular weight excluding hydrogens is 320 g/mol. The Labute approximate surface area is 136 Å². The molecule has 1 saturated heterocycles. The van der Waals surface area contributed by atoms with Gasteiger partial charge in [-0.25, -0.2) is 12.7 Å². The lowest BCUT2D eigenvalue weighted by Crippen LogP contribution is -2.40. The van der Waals surface area contributed by atoms with Gasteiger partial charge in [0.05, 0.1) is 5.75 Å². The van der Waals surface area contributed by atoms with Gasteiger partial charge >= 0.3 is 0 Å². The number of rotatable bonds is 4. The quantitative estimate of drug-likeness (QED) is 0.921. The van der Waals surface area contributed by atoms with Crippen LogP contribution in [-0.4, -0.2) is 36.5 Å². The smallest absolute Gasteiger partial charge is 0.214 e. The summed E-state index contributed by atoms with van der Waals surface area (Å²) in [7, 11) is -3.11. The molecule has 0 saturated carbocycles. The van der Waals surface area contributed by atoms with Crippen LogP contribution in [0.1, 0.15) is 37.8 Å². The van der Waals surface area contributed by atoms with E-state index in [1.165, 1.54) is 0 Å². The number of hydrogen-bond acceptors (Lipinski definition) is 2. The Kier molecular flexibility index (Phi) is 4.48. The first-order chi connectivity index (χ1) is 10.5. The molecule has 0 radical (unpaired) electrons. The van der Waals surface area contributed by atoms with E-state index < -0.39 is 10.0 Å². The van der Waals surface area contributed by atoms with Crippen LogP contribution in [0.5, 0.6) is 0 Å². The Balaban J connectivity index is 1.84. The van der Waals surface area contributed by atoms with Crippen LogP contribution in [0.4, 0.5) is 0 Å². The van der Waals surface area contributed by atoms with Gasteiger partial charge in [0.1, 0.15) is 0 Å². The van der Waals surface area contributed by atoms with Crippen LogP contribution in [0, 0.1) is 0 Å². The minimum absolute atomic E-state index is 0.228. The maximum atomic E-state index is 12.3. The molecule has 2 heterocycles. The van der Waals surface area contributed by atoms with Crippen LogP contribution in [-0.2, 0) is 10.0 Å². The molecule has 1 N–H and O–H groups in total. The maximum absolute atomic E-state index is 12.3. The Morgan fingerprint density at radius 3 is 2.95 bits per heavy atom. The molecule has 4 nitrogen and oxygen atoms in total. The Morgan fingerprint density at radius 1 is 1.36 bits per heavy atom. The van der Waals surface area contributed by atoms with Crippen molar-refractivity contribution < 1.29 is 8.42 Å². The van der Waals surface area contributed by atoms with E-state index in [0.29, 0.717) is 24.5 Å². The van der Waals surface area contributed by atoms with Crippen molar-refractivity contribution in [3.63, 3.8) is 0 Å². The third-order valence-electron chi connectivity index (χ3n) is 4.28. The minimum Gasteiger partial charge on any atom is -0.358 e. The highest BCUT2D eigenvalue weighted by molar-refractivity contribution is 7.89. The molecule has 22 heavy (non-hydrogen) atoms. The first-order valence-electron chi connectivity index (χ1n) is 7.75. The van der Waals surface area contributed by atoms with Crippen LogP contribution >= 0.6 is 11.6 Å². The summed E-state index contributed by atoms with van der Waals surface area (Å²) >= 11 is 6.03. The molecule has 1 aliphatic heterocycles. The van der Waals surface area contributed by atoms with Crippen molar-refractivity contribution in [3.05, 3.63) is 35.0 Å². The predicted octanol–water partition coefficient (Wildman–Crippen LogP) is 3.74. The lowest BCUT2D eigenvalue weighted by atomic mass is 9.96. The molecule has 1 fully saturated rings. The largest absolute Gasteiger partial charge is 0.358 e. The van der Waals surface area contributed by atoms with Crippen molar-refractivity contribution in [2.45, 2.75) is 32.1 Å². The maximum Gasteiger partial charge on any atom is 0.214 e. The fourth-order valence-corrected chi connectivity index (χ4v) is 4.95. The summed E-state index contributed by atoms with van der Waals surface area (Å²) in [4.78, 5) is 3.42. The number of aromatic nitrogens is 1. The molecule has 120 valence electrons. The monoisotopic (exact) mass is 340 g/mol. The molecule has 0 spiro atoms. The number of aromatic amines is 1. The summed E-state index contributed by atoms with van der Waals surface area (Å²) in [6.45, 7) is 3.12. The van der Waals surface area contributed by atoms with E-state index in [2.05, 4.69) is 11.1 Å². The molecule has 1 aliphatic rings. The van der Waals surface area contributed by atoms with Crippen molar-refractivity contribution in [2.75, 3.05) is 18.8 Å². The first kappa shape index (κ1) is 15.8. The molecule has 3 rings (SSSR count). The minimum atomic E-state index is -3.11. The zero-order valence-corrected chi connectivity index (χ0v) is 14.3. The Bertz CT molecular complexity index is 770. The van der Waals surface area contributed by atoms with E-state index in [4.69, 9.17) is 11.6 Å². The molecule has 2 aromatic rings. The van der Waals surface area contributed by atoms with E-state index in [-0.39, 0.29) is 11.7 Å². The van der Waals surface area contributed by atoms with Crippen molar-refractivity contribution in [1.82, 2.24) is 9.29 Å². The second-order valence-corrected chi connectivity index (χ2v) is 8.49. The number of hydrogen-bond donors (Lipinski definition) is 1. The van der Waals surface area contributed by atoms with Gasteiger partial charge in [-0.1, -0.05) is 18.5 Å². The van der Waals surface area contributed by atoms with Crippen LogP contribution in [0.15, 0.2) is 24.3 Å². The normalized spacial score (nSPS) is 20.5. The van der Waals surface area contributed by atoms with E-state index in [0.717, 1.165) is 29.4 Å². The molecule has 1 atom stereocenters. The molecule has 0 aliphatic carbocycles. The van der Waals surface area contributed by atoms with Gasteiger partial charge in [-0.3, -0.25) is 0 Å². The molecule has 0 amide bonds. The molecular formula is C16H21ClN2O2S. The fraction of sp³-hybridized carbons (Fsp3) is 0.500. The molecule has 1 aromatic heterocycles. The zero-order chi connectivity index (χ0) is 15.7. The number of piperidine rings is 1. The van der Waals surface area contributed by atoms with E-state index >= 15 is 0 Å². The molecule has 6 heteroatoms. The van der Waals surface area contributed by atoms with Gasteiger partial charge in [-0.2, -0.15) is 0 Å². The highest BCUT2D eigenvalue weighted by atomic mass is 35.5. The van der Waals surface area contributed by atoms with Crippen molar-refractivity contribution in [2.24, 2.45) is 0 Å². The second-order valence-electron chi connectivity index (χ2n) is 5.97. The second kappa shape index (κ2) is 6.22. The van der Waals surface area contributed by atoms with Crippen LogP contribution in [0.25, 0.3) is 10.9 Å². The van der Waals surface area contributed by atoms with Crippen LogP contribution in [0.3, 0.4) is 0 Å². The van der Waals surface area contributed by atoms with E-state index in [9.17, 15) is 8.42 Å². The number of nitrogens with one attached hydrogen (secondary N) is 1. The zero-order valence-electron chi connectivity index (χ0n) is 12.7. The van der Waals surface area contributed by atoms with Crippen molar-refractivity contribution >= 4 is 32.5 Å². The number of H-pyrrole nitrogens is 1. The lowest BCUT2D eigenvalue weighted by molar-refractivity contribution is 0.313.